The molecule has 0 aliphatic carbocycles. The number of nitrogens with zero attached hydrogens (tertiary/aromatic N) is 2. The van der Waals surface area contributed by atoms with Crippen molar-refractivity contribution in [3.63, 3.8) is 0 Å². The van der Waals surface area contributed by atoms with Crippen LogP contribution in [0.3, 0.4) is 0 Å². The fourth-order valence-corrected chi connectivity index (χ4v) is 7.21. The number of hydrogen-bond donors (Lipinski definition) is 1. The molecule has 1 unspecified atom stereocenters. The summed E-state index contributed by atoms with van der Waals surface area (Å²) >= 11 is 0. The normalized spacial score (nSPS) is 25.6. The van der Waals surface area contributed by atoms with Crippen LogP contribution in [0.1, 0.15) is 66.1 Å². The van der Waals surface area contributed by atoms with Crippen LogP contribution in [0.15, 0.2) is 36.4 Å². The molecular weight excluding hydrogens is 567 g/mol. The van der Waals surface area contributed by atoms with Gasteiger partial charge in [-0.2, -0.15) is 26.3 Å². The summed E-state index contributed by atoms with van der Waals surface area (Å²) in [6, 6.07) is 2.07. The Morgan fingerprint density at radius 1 is 1.02 bits per heavy atom. The van der Waals surface area contributed by atoms with Crippen molar-refractivity contribution in [2.45, 2.75) is 57.5 Å². The van der Waals surface area contributed by atoms with Crippen LogP contribution >= 0.6 is 0 Å². The minimum atomic E-state index is -5.08. The van der Waals surface area contributed by atoms with Crippen molar-refractivity contribution in [3.05, 3.63) is 70.0 Å². The average Bonchev–Trinajstić information content (AvgIpc) is 2.84. The van der Waals surface area contributed by atoms with E-state index in [2.05, 4.69) is 4.83 Å². The SMILES string of the molecule is Cc1cc(F)ccc1[C@H]1C[C@@H]2CC[N+]1(C(=O)N(C)[C@H](C)c1cc(C(F)(F)F)cc(C(F)(F)F)c1)NS(=O)(=O)CC2. The van der Waals surface area contributed by atoms with Crippen LogP contribution in [0.25, 0.3) is 0 Å². The Balaban J connectivity index is 1.82. The van der Waals surface area contributed by atoms with Crippen LogP contribution in [0, 0.1) is 18.7 Å². The molecule has 6 nitrogen and oxygen atoms in total. The second-order valence-corrected chi connectivity index (χ2v) is 12.4. The van der Waals surface area contributed by atoms with E-state index in [1.54, 1.807) is 6.92 Å². The van der Waals surface area contributed by atoms with Gasteiger partial charge in [-0.1, -0.05) is 0 Å². The summed E-state index contributed by atoms with van der Waals surface area (Å²) in [5.41, 5.74) is -2.47. The molecule has 3 aliphatic heterocycles. The number of benzene rings is 2. The monoisotopic (exact) mass is 596 g/mol. The molecule has 3 fully saturated rings. The number of aryl methyl sites for hydroxylation is 1. The lowest BCUT2D eigenvalue weighted by Gasteiger charge is -2.49. The molecule has 3 saturated heterocycles. The van der Waals surface area contributed by atoms with E-state index in [1.165, 1.54) is 32.2 Å². The van der Waals surface area contributed by atoms with Gasteiger partial charge in [-0.05, 0) is 78.5 Å². The van der Waals surface area contributed by atoms with Gasteiger partial charge in [0, 0.05) is 25.5 Å². The van der Waals surface area contributed by atoms with E-state index in [4.69, 9.17) is 0 Å². The van der Waals surface area contributed by atoms with Gasteiger partial charge in [0.1, 0.15) is 18.4 Å². The molecule has 2 bridgehead atoms. The highest BCUT2D eigenvalue weighted by Gasteiger charge is 2.56. The lowest BCUT2D eigenvalue weighted by Crippen LogP contribution is -2.71. The van der Waals surface area contributed by atoms with Gasteiger partial charge >= 0.3 is 18.4 Å². The van der Waals surface area contributed by atoms with Crippen LogP contribution in [0.4, 0.5) is 35.5 Å². The molecule has 0 radical (unpaired) electrons. The van der Waals surface area contributed by atoms with E-state index < -0.39 is 67.6 Å². The molecule has 2 aromatic carbocycles. The van der Waals surface area contributed by atoms with E-state index in [0.29, 0.717) is 42.5 Å². The Morgan fingerprint density at radius 2 is 1.62 bits per heavy atom. The van der Waals surface area contributed by atoms with Gasteiger partial charge in [0.2, 0.25) is 0 Å². The van der Waals surface area contributed by atoms with Gasteiger partial charge in [0.15, 0.2) is 0 Å². The second-order valence-electron chi connectivity index (χ2n) is 10.6. The third kappa shape index (κ3) is 5.84. The van der Waals surface area contributed by atoms with Crippen molar-refractivity contribution in [2.75, 3.05) is 19.3 Å². The minimum absolute atomic E-state index is 0.00232. The maximum atomic E-state index is 14.2. The first kappa shape index (κ1) is 30.3. The molecule has 0 aromatic heterocycles. The van der Waals surface area contributed by atoms with Gasteiger partial charge in [-0.25, -0.2) is 17.6 Å². The number of quaternary nitrogens is 1. The number of piperidine rings is 1. The summed E-state index contributed by atoms with van der Waals surface area (Å²) in [6.07, 6.45) is -8.99. The van der Waals surface area contributed by atoms with Crippen LogP contribution in [-0.2, 0) is 22.4 Å². The fraction of sp³-hybridized carbons (Fsp3) is 0.500. The van der Waals surface area contributed by atoms with E-state index >= 15 is 0 Å². The molecular formula is C26H29F7N3O3S+. The predicted molar refractivity (Wildman–Crippen MR) is 131 cm³/mol. The Morgan fingerprint density at radius 3 is 2.17 bits per heavy atom. The quantitative estimate of drug-likeness (QED) is 0.326. The maximum Gasteiger partial charge on any atom is 0.440 e. The highest BCUT2D eigenvalue weighted by molar-refractivity contribution is 7.89. The van der Waals surface area contributed by atoms with Gasteiger partial charge in [-0.15, -0.1) is 4.59 Å². The van der Waals surface area contributed by atoms with Crippen LogP contribution in [0.5, 0.6) is 0 Å². The molecule has 1 N–H and O–H groups in total. The van der Waals surface area contributed by atoms with Crippen molar-refractivity contribution in [1.82, 2.24) is 9.73 Å². The van der Waals surface area contributed by atoms with Gasteiger partial charge < -0.3 is 0 Å². The van der Waals surface area contributed by atoms with Crippen molar-refractivity contribution < 1.29 is 48.5 Å². The number of carbonyl (C=O) groups excluding carboxylic acids is 1. The number of fused-ring (bicyclic) bond motifs is 5. The molecule has 0 spiro atoms. The number of urea groups is 1. The summed E-state index contributed by atoms with van der Waals surface area (Å²) in [5.74, 6) is -0.838. The third-order valence-electron chi connectivity index (χ3n) is 7.98. The molecule has 2 amide bonds. The molecule has 2 aromatic rings. The first-order valence-corrected chi connectivity index (χ1v) is 14.2. The smallest absolute Gasteiger partial charge is 0.287 e. The zero-order valence-corrected chi connectivity index (χ0v) is 22.7. The topological polar surface area (TPSA) is 66.5 Å². The van der Waals surface area contributed by atoms with Crippen LogP contribution < -0.4 is 4.83 Å². The molecule has 5 rings (SSSR count). The average molecular weight is 597 g/mol. The number of halogens is 7. The number of alkyl halides is 6. The number of hydrogen-bond acceptors (Lipinski definition) is 3. The van der Waals surface area contributed by atoms with Crippen LogP contribution in [0.2, 0.25) is 0 Å². The Bertz CT molecular complexity index is 1380. The molecule has 4 atom stereocenters. The van der Waals surface area contributed by atoms with Gasteiger partial charge in [-0.3, -0.25) is 4.90 Å². The van der Waals surface area contributed by atoms with E-state index in [-0.39, 0.29) is 24.3 Å². The van der Waals surface area contributed by atoms with Gasteiger partial charge in [0.25, 0.3) is 10.0 Å². The lowest BCUT2D eigenvalue weighted by molar-refractivity contribution is -0.921. The highest BCUT2D eigenvalue weighted by atomic mass is 32.2. The van der Waals surface area contributed by atoms with E-state index in [9.17, 15) is 43.9 Å². The van der Waals surface area contributed by atoms with E-state index in [1.807, 2.05) is 0 Å². The summed E-state index contributed by atoms with van der Waals surface area (Å²) in [7, 11) is -2.80. The molecule has 220 valence electrons. The second kappa shape index (κ2) is 10.3. The largest absolute Gasteiger partial charge is 0.440 e. The Labute approximate surface area is 227 Å². The van der Waals surface area contributed by atoms with E-state index in [0.717, 1.165) is 4.90 Å². The third-order valence-corrected chi connectivity index (χ3v) is 9.36. The number of amides is 2. The van der Waals surface area contributed by atoms with Crippen molar-refractivity contribution >= 4 is 16.1 Å². The Kier molecular flexibility index (Phi) is 7.78. The van der Waals surface area contributed by atoms with Gasteiger partial charge in [0.05, 0.1) is 22.9 Å². The molecule has 3 aliphatic rings. The lowest BCUT2D eigenvalue weighted by atomic mass is 9.83. The number of sulfonamides is 1. The zero-order valence-electron chi connectivity index (χ0n) is 21.9. The van der Waals surface area contributed by atoms with Crippen molar-refractivity contribution in [2.24, 2.45) is 5.92 Å². The summed E-state index contributed by atoms with van der Waals surface area (Å²) < 4.78 is 120. The number of rotatable bonds is 3. The number of carbonyl (C=O) groups is 1. The first-order valence-electron chi connectivity index (χ1n) is 12.6. The minimum Gasteiger partial charge on any atom is -0.287 e. The van der Waals surface area contributed by atoms with Crippen molar-refractivity contribution in [3.8, 4) is 0 Å². The summed E-state index contributed by atoms with van der Waals surface area (Å²) in [6.45, 7) is 2.89. The maximum absolute atomic E-state index is 14.2. The zero-order chi connectivity index (χ0) is 29.8. The summed E-state index contributed by atoms with van der Waals surface area (Å²) in [5, 5.41) is 0. The molecule has 14 heteroatoms. The Hall–Kier alpha value is -2.71. The van der Waals surface area contributed by atoms with Crippen molar-refractivity contribution in [1.29, 1.82) is 0 Å². The summed E-state index contributed by atoms with van der Waals surface area (Å²) in [4.78, 5) is 17.7. The standard InChI is InChI=1S/C26H29F7N3O3S/c1-15-10-21(27)4-5-22(15)23-11-17-6-8-36(23,34-40(38,39)9-7-17)24(37)35(3)16(2)18-12-19(25(28,29)30)14-20(13-18)26(31,32)33/h4-5,10,12-14,16-17,23,34H,6-9,11H2,1-3H3/q+1/t16-,17-,23-,36?/m1/s1. The fourth-order valence-electron chi connectivity index (χ4n) is 5.68. The molecule has 3 heterocycles. The van der Waals surface area contributed by atoms with Crippen LogP contribution in [-0.4, -0.2) is 43.3 Å². The predicted octanol–water partition coefficient (Wildman–Crippen LogP) is 6.49. The molecule has 40 heavy (non-hydrogen) atoms. The highest BCUT2D eigenvalue weighted by Crippen LogP contribution is 2.45. The first-order chi connectivity index (χ1) is 18.3. The molecule has 0 saturated carbocycles. The number of nitrogens with one attached hydrogen (secondary N) is 1.